The van der Waals surface area contributed by atoms with Crippen molar-refractivity contribution in [2.75, 3.05) is 6.61 Å². The Bertz CT molecular complexity index is 202. The van der Waals surface area contributed by atoms with Crippen LogP contribution in [0.25, 0.3) is 0 Å². The minimum atomic E-state index is 0.000619. The molecule has 0 aliphatic carbocycles. The second-order valence-corrected chi connectivity index (χ2v) is 5.86. The van der Waals surface area contributed by atoms with Gasteiger partial charge >= 0.3 is 5.97 Å². The smallest absolute Gasteiger partial charge is 0.305 e. The Labute approximate surface area is 126 Å². The van der Waals surface area contributed by atoms with Crippen molar-refractivity contribution >= 4 is 5.97 Å². The summed E-state index contributed by atoms with van der Waals surface area (Å²) in [6.07, 6.45) is 17.0. The minimum Gasteiger partial charge on any atom is -0.466 e. The van der Waals surface area contributed by atoms with E-state index in [2.05, 4.69) is 13.8 Å². The van der Waals surface area contributed by atoms with E-state index in [0.29, 0.717) is 13.0 Å². The molecule has 0 aliphatic heterocycles. The number of hydrogen-bond acceptors (Lipinski definition) is 2. The van der Waals surface area contributed by atoms with E-state index in [1.54, 1.807) is 0 Å². The number of carbonyl (C=O) groups excluding carboxylic acids is 1. The SMILES string of the molecule is CCCCCCCCCCCCC(=O)OCCCCC. The minimum absolute atomic E-state index is 0.000619. The van der Waals surface area contributed by atoms with Crippen LogP contribution in [0.4, 0.5) is 0 Å². The van der Waals surface area contributed by atoms with E-state index in [4.69, 9.17) is 4.74 Å². The fourth-order valence-corrected chi connectivity index (χ4v) is 2.37. The predicted molar refractivity (Wildman–Crippen MR) is 86.9 cm³/mol. The third-order valence-corrected chi connectivity index (χ3v) is 3.75. The summed E-state index contributed by atoms with van der Waals surface area (Å²) >= 11 is 0. The van der Waals surface area contributed by atoms with Crippen molar-refractivity contribution in [2.24, 2.45) is 0 Å². The van der Waals surface area contributed by atoms with Crippen molar-refractivity contribution in [3.8, 4) is 0 Å². The molecule has 0 fully saturated rings. The van der Waals surface area contributed by atoms with Crippen molar-refractivity contribution in [2.45, 2.75) is 104 Å². The Balaban J connectivity index is 3.09. The molecule has 0 saturated heterocycles. The quantitative estimate of drug-likeness (QED) is 0.271. The number of hydrogen-bond donors (Lipinski definition) is 0. The van der Waals surface area contributed by atoms with Gasteiger partial charge in [-0.2, -0.15) is 0 Å². The van der Waals surface area contributed by atoms with E-state index in [1.165, 1.54) is 64.2 Å². The van der Waals surface area contributed by atoms with Crippen LogP contribution in [0, 0.1) is 0 Å². The molecule has 0 saturated carbocycles. The zero-order chi connectivity index (χ0) is 14.9. The van der Waals surface area contributed by atoms with Gasteiger partial charge in [-0.05, 0) is 12.8 Å². The van der Waals surface area contributed by atoms with Gasteiger partial charge in [0.1, 0.15) is 0 Å². The van der Waals surface area contributed by atoms with E-state index >= 15 is 0 Å². The third kappa shape index (κ3) is 15.5. The van der Waals surface area contributed by atoms with Crippen molar-refractivity contribution in [1.29, 1.82) is 0 Å². The molecule has 0 bridgehead atoms. The number of esters is 1. The molecule has 120 valence electrons. The van der Waals surface area contributed by atoms with Gasteiger partial charge in [-0.25, -0.2) is 0 Å². The van der Waals surface area contributed by atoms with Gasteiger partial charge in [0.2, 0.25) is 0 Å². The largest absolute Gasteiger partial charge is 0.466 e. The summed E-state index contributed by atoms with van der Waals surface area (Å²) in [5.74, 6) is 0.000619. The molecule has 0 N–H and O–H groups in total. The van der Waals surface area contributed by atoms with E-state index < -0.39 is 0 Å². The molecule has 0 aromatic rings. The van der Waals surface area contributed by atoms with Gasteiger partial charge in [0, 0.05) is 6.42 Å². The highest BCUT2D eigenvalue weighted by Gasteiger charge is 2.02. The van der Waals surface area contributed by atoms with Crippen molar-refractivity contribution in [3.63, 3.8) is 0 Å². The van der Waals surface area contributed by atoms with Gasteiger partial charge in [0.25, 0.3) is 0 Å². The van der Waals surface area contributed by atoms with Gasteiger partial charge in [-0.3, -0.25) is 4.79 Å². The average molecular weight is 284 g/mol. The maximum atomic E-state index is 11.4. The summed E-state index contributed by atoms with van der Waals surface area (Å²) in [4.78, 5) is 11.4. The highest BCUT2D eigenvalue weighted by atomic mass is 16.5. The number of carbonyl (C=O) groups is 1. The van der Waals surface area contributed by atoms with Crippen LogP contribution in [0.5, 0.6) is 0 Å². The van der Waals surface area contributed by atoms with Crippen LogP contribution < -0.4 is 0 Å². The lowest BCUT2D eigenvalue weighted by Crippen LogP contribution is -2.05. The second kappa shape index (κ2) is 16.5. The summed E-state index contributed by atoms with van der Waals surface area (Å²) in [5.41, 5.74) is 0. The highest BCUT2D eigenvalue weighted by Crippen LogP contribution is 2.11. The van der Waals surface area contributed by atoms with Crippen LogP contribution in [0.3, 0.4) is 0 Å². The van der Waals surface area contributed by atoms with E-state index in [1.807, 2.05) is 0 Å². The molecule has 0 rings (SSSR count). The fraction of sp³-hybridized carbons (Fsp3) is 0.944. The average Bonchev–Trinajstić information content (AvgIpc) is 2.45. The van der Waals surface area contributed by atoms with Crippen LogP contribution in [-0.2, 0) is 9.53 Å². The summed E-state index contributed by atoms with van der Waals surface area (Å²) in [6, 6.07) is 0. The Morgan fingerprint density at radius 3 is 1.65 bits per heavy atom. The summed E-state index contributed by atoms with van der Waals surface area (Å²) in [7, 11) is 0. The van der Waals surface area contributed by atoms with Crippen molar-refractivity contribution < 1.29 is 9.53 Å². The standard InChI is InChI=1S/C18H36O2/c1-3-5-7-8-9-10-11-12-13-14-16-18(19)20-17-15-6-4-2/h3-17H2,1-2H3. The van der Waals surface area contributed by atoms with Crippen LogP contribution >= 0.6 is 0 Å². The van der Waals surface area contributed by atoms with Gasteiger partial charge in [0.05, 0.1) is 6.61 Å². The maximum Gasteiger partial charge on any atom is 0.305 e. The van der Waals surface area contributed by atoms with Crippen LogP contribution in [0.2, 0.25) is 0 Å². The molecule has 0 atom stereocenters. The monoisotopic (exact) mass is 284 g/mol. The number of unbranched alkanes of at least 4 members (excludes halogenated alkanes) is 11. The topological polar surface area (TPSA) is 26.3 Å². The molecule has 0 radical (unpaired) electrons. The molecular formula is C18H36O2. The molecular weight excluding hydrogens is 248 g/mol. The molecule has 2 heteroatoms. The predicted octanol–water partition coefficient (Wildman–Crippen LogP) is 6.03. The summed E-state index contributed by atoms with van der Waals surface area (Å²) < 4.78 is 5.19. The highest BCUT2D eigenvalue weighted by molar-refractivity contribution is 5.69. The van der Waals surface area contributed by atoms with Crippen LogP contribution in [0.15, 0.2) is 0 Å². The Morgan fingerprint density at radius 2 is 1.10 bits per heavy atom. The van der Waals surface area contributed by atoms with Crippen molar-refractivity contribution in [1.82, 2.24) is 0 Å². The van der Waals surface area contributed by atoms with Gasteiger partial charge in [-0.15, -0.1) is 0 Å². The summed E-state index contributed by atoms with van der Waals surface area (Å²) in [6.45, 7) is 5.03. The lowest BCUT2D eigenvalue weighted by Gasteiger charge is -2.04. The lowest BCUT2D eigenvalue weighted by molar-refractivity contribution is -0.143. The first-order valence-electron chi connectivity index (χ1n) is 8.96. The molecule has 0 aromatic carbocycles. The molecule has 0 unspecified atom stereocenters. The maximum absolute atomic E-state index is 11.4. The van der Waals surface area contributed by atoms with Gasteiger partial charge in [0.15, 0.2) is 0 Å². The van der Waals surface area contributed by atoms with E-state index in [9.17, 15) is 4.79 Å². The first kappa shape index (κ1) is 19.5. The van der Waals surface area contributed by atoms with E-state index in [0.717, 1.165) is 19.3 Å². The lowest BCUT2D eigenvalue weighted by atomic mass is 10.1. The van der Waals surface area contributed by atoms with Crippen LogP contribution in [-0.4, -0.2) is 12.6 Å². The Kier molecular flexibility index (Phi) is 16.1. The summed E-state index contributed by atoms with van der Waals surface area (Å²) in [5, 5.41) is 0. The van der Waals surface area contributed by atoms with E-state index in [-0.39, 0.29) is 5.97 Å². The molecule has 0 amide bonds. The zero-order valence-corrected chi connectivity index (χ0v) is 13.9. The normalized spacial score (nSPS) is 10.7. The Hall–Kier alpha value is -0.530. The first-order valence-corrected chi connectivity index (χ1v) is 8.96. The second-order valence-electron chi connectivity index (χ2n) is 5.86. The fourth-order valence-electron chi connectivity index (χ4n) is 2.37. The molecule has 0 spiro atoms. The molecule has 0 heterocycles. The van der Waals surface area contributed by atoms with Gasteiger partial charge in [-0.1, -0.05) is 84.5 Å². The van der Waals surface area contributed by atoms with Crippen molar-refractivity contribution in [3.05, 3.63) is 0 Å². The zero-order valence-electron chi connectivity index (χ0n) is 13.9. The molecule has 0 aliphatic rings. The third-order valence-electron chi connectivity index (χ3n) is 3.75. The molecule has 20 heavy (non-hydrogen) atoms. The number of ether oxygens (including phenoxy) is 1. The Morgan fingerprint density at radius 1 is 0.650 bits per heavy atom. The first-order chi connectivity index (χ1) is 9.81. The van der Waals surface area contributed by atoms with Crippen LogP contribution in [0.1, 0.15) is 104 Å². The molecule has 2 nitrogen and oxygen atoms in total. The molecule has 0 aromatic heterocycles. The number of rotatable bonds is 15. The van der Waals surface area contributed by atoms with Gasteiger partial charge < -0.3 is 4.74 Å².